The molecule has 1 aliphatic heterocycles. The third kappa shape index (κ3) is 4.59. The SMILES string of the molecule is COc1cc([C@H]2C(C(=O)Nc3ccccc3)=C(C)Nc3ncnn32)ccc1OCc1ccccc1. The van der Waals surface area contributed by atoms with Gasteiger partial charge in [0.1, 0.15) is 19.0 Å². The fourth-order valence-corrected chi connectivity index (χ4v) is 4.12. The van der Waals surface area contributed by atoms with E-state index in [1.54, 1.807) is 11.8 Å². The molecule has 0 radical (unpaired) electrons. The van der Waals surface area contributed by atoms with Crippen LogP contribution in [0.3, 0.4) is 0 Å². The number of carbonyl (C=O) groups is 1. The lowest BCUT2D eigenvalue weighted by molar-refractivity contribution is -0.113. The molecule has 0 saturated heterocycles. The molecule has 8 nitrogen and oxygen atoms in total. The number of para-hydroxylation sites is 1. The van der Waals surface area contributed by atoms with E-state index in [2.05, 4.69) is 20.7 Å². The summed E-state index contributed by atoms with van der Waals surface area (Å²) in [5.41, 5.74) is 3.82. The minimum absolute atomic E-state index is 0.226. The van der Waals surface area contributed by atoms with Crippen molar-refractivity contribution in [1.29, 1.82) is 0 Å². The first-order valence-corrected chi connectivity index (χ1v) is 11.2. The van der Waals surface area contributed by atoms with Crippen LogP contribution in [0.5, 0.6) is 11.5 Å². The van der Waals surface area contributed by atoms with Crippen molar-refractivity contribution >= 4 is 17.5 Å². The van der Waals surface area contributed by atoms with Crippen LogP contribution in [0.4, 0.5) is 11.6 Å². The second-order valence-electron chi connectivity index (χ2n) is 8.10. The number of ether oxygens (including phenoxy) is 2. The summed E-state index contributed by atoms with van der Waals surface area (Å²) in [6.07, 6.45) is 1.47. The van der Waals surface area contributed by atoms with Gasteiger partial charge in [0.05, 0.1) is 12.7 Å². The first-order valence-electron chi connectivity index (χ1n) is 11.2. The number of benzene rings is 3. The topological polar surface area (TPSA) is 90.3 Å². The van der Waals surface area contributed by atoms with Crippen molar-refractivity contribution in [3.8, 4) is 11.5 Å². The van der Waals surface area contributed by atoms with Crippen molar-refractivity contribution in [1.82, 2.24) is 14.8 Å². The van der Waals surface area contributed by atoms with Crippen LogP contribution in [0.1, 0.15) is 24.1 Å². The van der Waals surface area contributed by atoms with Crippen LogP contribution in [0.25, 0.3) is 0 Å². The highest BCUT2D eigenvalue weighted by Gasteiger charge is 2.34. The number of amides is 1. The molecule has 0 saturated carbocycles. The molecule has 3 aromatic carbocycles. The Hall–Kier alpha value is -4.59. The summed E-state index contributed by atoms with van der Waals surface area (Å²) in [4.78, 5) is 17.8. The van der Waals surface area contributed by atoms with E-state index >= 15 is 0 Å². The van der Waals surface area contributed by atoms with Crippen LogP contribution in [0.2, 0.25) is 0 Å². The van der Waals surface area contributed by atoms with E-state index in [0.717, 1.165) is 11.1 Å². The largest absolute Gasteiger partial charge is 0.493 e. The average Bonchev–Trinajstić information content (AvgIpc) is 3.35. The molecule has 5 rings (SSSR count). The zero-order valence-electron chi connectivity index (χ0n) is 19.4. The van der Waals surface area contributed by atoms with Gasteiger partial charge in [-0.1, -0.05) is 54.6 Å². The van der Waals surface area contributed by atoms with Crippen LogP contribution >= 0.6 is 0 Å². The third-order valence-corrected chi connectivity index (χ3v) is 5.81. The number of nitrogens with zero attached hydrogens (tertiary/aromatic N) is 3. The summed E-state index contributed by atoms with van der Waals surface area (Å²) < 4.78 is 13.4. The molecule has 0 aliphatic carbocycles. The van der Waals surface area contributed by atoms with Gasteiger partial charge in [-0.2, -0.15) is 10.1 Å². The van der Waals surface area contributed by atoms with Crippen LogP contribution in [-0.4, -0.2) is 27.8 Å². The standard InChI is InChI=1S/C27H25N5O3/c1-18-24(26(33)31-21-11-7-4-8-12-21)25(32-27(30-18)28-17-29-32)20-13-14-22(23(15-20)34-2)35-16-19-9-5-3-6-10-19/h3-15,17,25H,16H2,1-2H3,(H,31,33)(H,28,29,30)/t25-/m0/s1. The molecule has 8 heteroatoms. The zero-order chi connectivity index (χ0) is 24.2. The molecule has 2 heterocycles. The fourth-order valence-electron chi connectivity index (χ4n) is 4.12. The first-order chi connectivity index (χ1) is 17.1. The number of nitrogens with one attached hydrogen (secondary N) is 2. The molecular weight excluding hydrogens is 442 g/mol. The van der Waals surface area contributed by atoms with E-state index in [9.17, 15) is 4.79 Å². The maximum Gasteiger partial charge on any atom is 0.255 e. The minimum atomic E-state index is -0.505. The summed E-state index contributed by atoms with van der Waals surface area (Å²) in [5, 5.41) is 10.6. The lowest BCUT2D eigenvalue weighted by Crippen LogP contribution is -2.31. The molecule has 35 heavy (non-hydrogen) atoms. The van der Waals surface area contributed by atoms with Gasteiger partial charge >= 0.3 is 0 Å². The number of methoxy groups -OCH3 is 1. The highest BCUT2D eigenvalue weighted by Crippen LogP contribution is 2.39. The highest BCUT2D eigenvalue weighted by molar-refractivity contribution is 6.06. The Balaban J connectivity index is 1.48. The third-order valence-electron chi connectivity index (χ3n) is 5.81. The van der Waals surface area contributed by atoms with Gasteiger partial charge in [-0.05, 0) is 42.3 Å². The number of anilines is 2. The normalized spacial score (nSPS) is 14.6. The van der Waals surface area contributed by atoms with Gasteiger partial charge in [-0.3, -0.25) is 4.79 Å². The summed E-state index contributed by atoms with van der Waals surface area (Å²) in [7, 11) is 1.60. The maximum atomic E-state index is 13.4. The first kappa shape index (κ1) is 22.2. The monoisotopic (exact) mass is 467 g/mol. The van der Waals surface area contributed by atoms with Crippen molar-refractivity contribution in [2.45, 2.75) is 19.6 Å². The zero-order valence-corrected chi connectivity index (χ0v) is 19.4. The summed E-state index contributed by atoms with van der Waals surface area (Å²) >= 11 is 0. The number of hydrogen-bond donors (Lipinski definition) is 2. The molecule has 1 amide bonds. The van der Waals surface area contributed by atoms with Gasteiger partial charge in [-0.25, -0.2) is 4.68 Å². The average molecular weight is 468 g/mol. The predicted octanol–water partition coefficient (Wildman–Crippen LogP) is 4.79. The summed E-state index contributed by atoms with van der Waals surface area (Å²) in [5.74, 6) is 1.52. The lowest BCUT2D eigenvalue weighted by atomic mass is 9.94. The number of fused-ring (bicyclic) bond motifs is 1. The smallest absolute Gasteiger partial charge is 0.255 e. The van der Waals surface area contributed by atoms with Crippen molar-refractivity contribution < 1.29 is 14.3 Å². The lowest BCUT2D eigenvalue weighted by Gasteiger charge is -2.29. The number of carbonyl (C=O) groups excluding carboxylic acids is 1. The number of hydrogen-bond acceptors (Lipinski definition) is 6. The number of aromatic nitrogens is 3. The van der Waals surface area contributed by atoms with E-state index < -0.39 is 6.04 Å². The molecule has 176 valence electrons. The molecule has 0 fully saturated rings. The molecular formula is C27H25N5O3. The van der Waals surface area contributed by atoms with E-state index in [4.69, 9.17) is 9.47 Å². The van der Waals surface area contributed by atoms with Crippen molar-refractivity contribution in [2.24, 2.45) is 0 Å². The van der Waals surface area contributed by atoms with Crippen molar-refractivity contribution in [3.05, 3.63) is 108 Å². The molecule has 1 aromatic heterocycles. The maximum absolute atomic E-state index is 13.4. The van der Waals surface area contributed by atoms with Crippen molar-refractivity contribution in [2.75, 3.05) is 17.7 Å². The predicted molar refractivity (Wildman–Crippen MR) is 133 cm³/mol. The fraction of sp³-hybridized carbons (Fsp3) is 0.148. The second-order valence-corrected chi connectivity index (χ2v) is 8.10. The second kappa shape index (κ2) is 9.72. The molecule has 2 N–H and O–H groups in total. The Labute approximate surface area is 203 Å². The number of allylic oxidation sites excluding steroid dienone is 1. The van der Waals surface area contributed by atoms with Crippen LogP contribution in [0, 0.1) is 0 Å². The summed E-state index contributed by atoms with van der Waals surface area (Å²) in [6.45, 7) is 2.28. The molecule has 1 aliphatic rings. The molecule has 0 bridgehead atoms. The van der Waals surface area contributed by atoms with E-state index in [-0.39, 0.29) is 5.91 Å². The van der Waals surface area contributed by atoms with Crippen LogP contribution in [0.15, 0.2) is 96.5 Å². The highest BCUT2D eigenvalue weighted by atomic mass is 16.5. The number of rotatable bonds is 7. The minimum Gasteiger partial charge on any atom is -0.493 e. The summed E-state index contributed by atoms with van der Waals surface area (Å²) in [6, 6.07) is 24.4. The Morgan fingerprint density at radius 3 is 2.51 bits per heavy atom. The van der Waals surface area contributed by atoms with Gasteiger partial charge in [0.2, 0.25) is 5.95 Å². The molecule has 0 spiro atoms. The van der Waals surface area contributed by atoms with Gasteiger partial charge < -0.3 is 20.1 Å². The quantitative estimate of drug-likeness (QED) is 0.406. The molecule has 0 unspecified atom stereocenters. The van der Waals surface area contributed by atoms with E-state index in [0.29, 0.717) is 41.0 Å². The molecule has 1 atom stereocenters. The van der Waals surface area contributed by atoms with Gasteiger partial charge in [0, 0.05) is 11.4 Å². The Morgan fingerprint density at radius 1 is 1.03 bits per heavy atom. The van der Waals surface area contributed by atoms with Crippen LogP contribution in [-0.2, 0) is 11.4 Å². The Kier molecular flexibility index (Phi) is 6.17. The van der Waals surface area contributed by atoms with E-state index in [1.165, 1.54) is 6.33 Å². The van der Waals surface area contributed by atoms with Crippen LogP contribution < -0.4 is 20.1 Å². The Bertz CT molecular complexity index is 1370. The Morgan fingerprint density at radius 2 is 1.77 bits per heavy atom. The van der Waals surface area contributed by atoms with Gasteiger partial charge in [0.25, 0.3) is 5.91 Å². The van der Waals surface area contributed by atoms with Crippen molar-refractivity contribution in [3.63, 3.8) is 0 Å². The molecule has 4 aromatic rings. The van der Waals surface area contributed by atoms with Gasteiger partial charge in [-0.15, -0.1) is 0 Å². The van der Waals surface area contributed by atoms with Gasteiger partial charge in [0.15, 0.2) is 11.5 Å². The van der Waals surface area contributed by atoms with E-state index in [1.807, 2.05) is 85.8 Å².